The number of rotatable bonds is 5. The van der Waals surface area contributed by atoms with Crippen LogP contribution in [0.2, 0.25) is 0 Å². The van der Waals surface area contributed by atoms with Crippen molar-refractivity contribution >= 4 is 11.6 Å². The van der Waals surface area contributed by atoms with Crippen LogP contribution < -0.4 is 14.8 Å². The fraction of sp³-hybridized carbons (Fsp3) is 0.588. The Bertz CT molecular complexity index is 517. The van der Waals surface area contributed by atoms with Gasteiger partial charge in [-0.25, -0.2) is 0 Å². The van der Waals surface area contributed by atoms with Crippen LogP contribution in [0.15, 0.2) is 18.2 Å². The summed E-state index contributed by atoms with van der Waals surface area (Å²) in [6.07, 6.45) is 0.124. The van der Waals surface area contributed by atoms with E-state index in [1.807, 2.05) is 37.8 Å². The van der Waals surface area contributed by atoms with Gasteiger partial charge in [0.15, 0.2) is 0 Å². The largest absolute Gasteiger partial charge is 0.497 e. The van der Waals surface area contributed by atoms with Crippen LogP contribution in [0.25, 0.3) is 0 Å². The number of hydrogen-bond donors (Lipinski definition) is 1. The molecule has 1 saturated heterocycles. The molecule has 6 heteroatoms. The molecule has 1 aromatic rings. The van der Waals surface area contributed by atoms with Crippen LogP contribution >= 0.6 is 0 Å². The van der Waals surface area contributed by atoms with Crippen LogP contribution in [-0.2, 0) is 9.53 Å². The normalized spacial score (nSPS) is 22.4. The highest BCUT2D eigenvalue weighted by atomic mass is 16.5. The van der Waals surface area contributed by atoms with E-state index in [0.29, 0.717) is 24.6 Å². The molecule has 0 aromatic heterocycles. The first kappa shape index (κ1) is 17.4. The number of hydrogen-bond acceptors (Lipinski definition) is 5. The van der Waals surface area contributed by atoms with Gasteiger partial charge in [0.25, 0.3) is 0 Å². The molecule has 1 N–H and O–H groups in total. The van der Waals surface area contributed by atoms with Crippen molar-refractivity contribution in [3.8, 4) is 11.5 Å². The number of carbonyl (C=O) groups excluding carboxylic acids is 1. The quantitative estimate of drug-likeness (QED) is 0.900. The molecular formula is C17H26N2O4. The molecule has 1 heterocycles. The number of benzene rings is 1. The van der Waals surface area contributed by atoms with E-state index in [9.17, 15) is 4.79 Å². The maximum absolute atomic E-state index is 12.6. The van der Waals surface area contributed by atoms with Crippen molar-refractivity contribution in [3.05, 3.63) is 18.2 Å². The van der Waals surface area contributed by atoms with Gasteiger partial charge >= 0.3 is 0 Å². The third-order valence-electron chi connectivity index (χ3n) is 3.84. The Kier molecular flexibility index (Phi) is 5.71. The lowest BCUT2D eigenvalue weighted by atomic mass is 10.2. The zero-order valence-corrected chi connectivity index (χ0v) is 14.5. The van der Waals surface area contributed by atoms with Crippen molar-refractivity contribution in [1.82, 2.24) is 4.90 Å². The Balaban J connectivity index is 2.06. The zero-order chi connectivity index (χ0) is 17.0. The van der Waals surface area contributed by atoms with E-state index in [2.05, 4.69) is 5.32 Å². The van der Waals surface area contributed by atoms with Crippen LogP contribution in [0, 0.1) is 0 Å². The first-order valence-electron chi connectivity index (χ1n) is 7.86. The zero-order valence-electron chi connectivity index (χ0n) is 14.5. The van der Waals surface area contributed by atoms with E-state index in [0.717, 1.165) is 5.69 Å². The van der Waals surface area contributed by atoms with E-state index >= 15 is 0 Å². The SMILES string of the molecule is COc1cc(N[C@H](C)C(=O)N2C[C@H](C)O[C@@H](C)C2)cc(OC)c1. The minimum Gasteiger partial charge on any atom is -0.497 e. The van der Waals surface area contributed by atoms with Crippen molar-refractivity contribution in [3.63, 3.8) is 0 Å². The van der Waals surface area contributed by atoms with Crippen molar-refractivity contribution in [2.75, 3.05) is 32.6 Å². The van der Waals surface area contributed by atoms with Gasteiger partial charge in [-0.3, -0.25) is 4.79 Å². The number of methoxy groups -OCH3 is 2. The van der Waals surface area contributed by atoms with Gasteiger partial charge in [-0.2, -0.15) is 0 Å². The first-order valence-corrected chi connectivity index (χ1v) is 7.86. The van der Waals surface area contributed by atoms with E-state index in [1.165, 1.54) is 0 Å². The summed E-state index contributed by atoms with van der Waals surface area (Å²) in [5.41, 5.74) is 0.788. The Hall–Kier alpha value is -1.95. The molecule has 1 aliphatic heterocycles. The summed E-state index contributed by atoms with van der Waals surface area (Å²) >= 11 is 0. The molecule has 128 valence electrons. The average molecular weight is 322 g/mol. The van der Waals surface area contributed by atoms with E-state index in [1.54, 1.807) is 20.3 Å². The van der Waals surface area contributed by atoms with Crippen molar-refractivity contribution in [2.45, 2.75) is 39.0 Å². The summed E-state index contributed by atoms with van der Waals surface area (Å²) in [7, 11) is 3.20. The summed E-state index contributed by atoms with van der Waals surface area (Å²) in [5.74, 6) is 1.43. The highest BCUT2D eigenvalue weighted by Crippen LogP contribution is 2.26. The fourth-order valence-electron chi connectivity index (χ4n) is 2.83. The second-order valence-corrected chi connectivity index (χ2v) is 5.97. The number of amides is 1. The molecular weight excluding hydrogens is 296 g/mol. The topological polar surface area (TPSA) is 60.0 Å². The van der Waals surface area contributed by atoms with E-state index < -0.39 is 0 Å². The molecule has 1 fully saturated rings. The molecule has 0 spiro atoms. The van der Waals surface area contributed by atoms with Gasteiger partial charge in [-0.15, -0.1) is 0 Å². The van der Waals surface area contributed by atoms with Crippen molar-refractivity contribution in [2.24, 2.45) is 0 Å². The van der Waals surface area contributed by atoms with Gasteiger partial charge in [-0.05, 0) is 20.8 Å². The summed E-state index contributed by atoms with van der Waals surface area (Å²) in [4.78, 5) is 14.5. The van der Waals surface area contributed by atoms with Gasteiger partial charge in [0.05, 0.1) is 26.4 Å². The lowest BCUT2D eigenvalue weighted by molar-refractivity contribution is -0.143. The lowest BCUT2D eigenvalue weighted by Crippen LogP contribution is -2.52. The maximum Gasteiger partial charge on any atom is 0.244 e. The molecule has 1 aromatic carbocycles. The lowest BCUT2D eigenvalue weighted by Gasteiger charge is -2.36. The van der Waals surface area contributed by atoms with Crippen LogP contribution in [0.4, 0.5) is 5.69 Å². The Labute approximate surface area is 137 Å². The molecule has 23 heavy (non-hydrogen) atoms. The minimum absolute atomic E-state index is 0.0619. The number of ether oxygens (including phenoxy) is 3. The molecule has 1 amide bonds. The molecule has 0 aliphatic carbocycles. The highest BCUT2D eigenvalue weighted by Gasteiger charge is 2.28. The van der Waals surface area contributed by atoms with Gasteiger partial charge in [-0.1, -0.05) is 0 Å². The second-order valence-electron chi connectivity index (χ2n) is 5.97. The number of morpholine rings is 1. The van der Waals surface area contributed by atoms with Crippen LogP contribution in [0.1, 0.15) is 20.8 Å². The summed E-state index contributed by atoms with van der Waals surface area (Å²) in [6, 6.07) is 5.14. The third-order valence-corrected chi connectivity index (χ3v) is 3.84. The number of anilines is 1. The molecule has 0 saturated carbocycles. The molecule has 3 atom stereocenters. The molecule has 2 rings (SSSR count). The van der Waals surface area contributed by atoms with Crippen LogP contribution in [-0.4, -0.2) is 56.4 Å². The fourth-order valence-corrected chi connectivity index (χ4v) is 2.83. The summed E-state index contributed by atoms with van der Waals surface area (Å²) in [5, 5.41) is 3.23. The predicted octanol–water partition coefficient (Wildman–Crippen LogP) is 2.14. The Morgan fingerprint density at radius 3 is 2.17 bits per heavy atom. The van der Waals surface area contributed by atoms with Gasteiger partial charge in [0.2, 0.25) is 5.91 Å². The molecule has 0 radical (unpaired) electrons. The monoisotopic (exact) mass is 322 g/mol. The predicted molar refractivity (Wildman–Crippen MR) is 89.2 cm³/mol. The molecule has 0 bridgehead atoms. The minimum atomic E-state index is -0.343. The first-order chi connectivity index (χ1) is 10.9. The van der Waals surface area contributed by atoms with E-state index in [-0.39, 0.29) is 24.2 Å². The second kappa shape index (κ2) is 7.55. The standard InChI is InChI=1S/C17H26N2O4/c1-11-9-19(10-12(2)23-11)17(20)13(3)18-14-6-15(21-4)8-16(7-14)22-5/h6-8,11-13,18H,9-10H2,1-5H3/t11-,12-,13+/m0/s1. The molecule has 6 nitrogen and oxygen atoms in total. The molecule has 1 aliphatic rings. The molecule has 0 unspecified atom stereocenters. The maximum atomic E-state index is 12.6. The van der Waals surface area contributed by atoms with Crippen LogP contribution in [0.3, 0.4) is 0 Å². The van der Waals surface area contributed by atoms with Crippen LogP contribution in [0.5, 0.6) is 11.5 Å². The Morgan fingerprint density at radius 1 is 1.17 bits per heavy atom. The Morgan fingerprint density at radius 2 is 1.70 bits per heavy atom. The summed E-state index contributed by atoms with van der Waals surface area (Å²) in [6.45, 7) is 7.08. The number of carbonyl (C=O) groups is 1. The smallest absolute Gasteiger partial charge is 0.244 e. The third kappa shape index (κ3) is 4.51. The summed E-state index contributed by atoms with van der Waals surface area (Å²) < 4.78 is 16.2. The van der Waals surface area contributed by atoms with Gasteiger partial charge < -0.3 is 24.4 Å². The number of nitrogens with zero attached hydrogens (tertiary/aromatic N) is 1. The van der Waals surface area contributed by atoms with Gasteiger partial charge in [0.1, 0.15) is 17.5 Å². The van der Waals surface area contributed by atoms with Crippen molar-refractivity contribution < 1.29 is 19.0 Å². The van der Waals surface area contributed by atoms with E-state index in [4.69, 9.17) is 14.2 Å². The van der Waals surface area contributed by atoms with Gasteiger partial charge in [0, 0.05) is 37.0 Å². The highest BCUT2D eigenvalue weighted by molar-refractivity contribution is 5.84. The van der Waals surface area contributed by atoms with Crippen molar-refractivity contribution in [1.29, 1.82) is 0 Å². The average Bonchev–Trinajstić information content (AvgIpc) is 2.52. The number of nitrogens with one attached hydrogen (secondary N) is 1.